The fraction of sp³-hybridized carbons (Fsp3) is 0.300. The molecule has 0 radical (unpaired) electrons. The van der Waals surface area contributed by atoms with Crippen molar-refractivity contribution >= 4 is 11.7 Å². The van der Waals surface area contributed by atoms with E-state index in [0.717, 1.165) is 5.56 Å². The van der Waals surface area contributed by atoms with Crippen LogP contribution in [-0.4, -0.2) is 18.2 Å². The molecule has 4 nitrogen and oxygen atoms in total. The third kappa shape index (κ3) is 2.65. The van der Waals surface area contributed by atoms with Crippen molar-refractivity contribution in [2.45, 2.75) is 12.8 Å². The first-order valence-corrected chi connectivity index (χ1v) is 4.27. The summed E-state index contributed by atoms with van der Waals surface area (Å²) >= 11 is 0. The molecule has 0 unspecified atom stereocenters. The van der Waals surface area contributed by atoms with Gasteiger partial charge in [0.15, 0.2) is 0 Å². The summed E-state index contributed by atoms with van der Waals surface area (Å²) in [7, 11) is 1.56. The van der Waals surface area contributed by atoms with Crippen LogP contribution in [0.1, 0.15) is 12.0 Å². The zero-order valence-electron chi connectivity index (χ0n) is 7.99. The van der Waals surface area contributed by atoms with Crippen molar-refractivity contribution in [2.24, 2.45) is 0 Å². The predicted octanol–water partition coefficient (Wildman–Crippen LogP) is 1.29. The first-order valence-electron chi connectivity index (χ1n) is 4.27. The Labute approximate surface area is 82.3 Å². The molecule has 0 aliphatic rings. The third-order valence-electron chi connectivity index (χ3n) is 1.96. The quantitative estimate of drug-likeness (QED) is 0.710. The van der Waals surface area contributed by atoms with Gasteiger partial charge >= 0.3 is 5.97 Å². The molecule has 0 aromatic heterocycles. The number of hydrogen-bond acceptors (Lipinski definition) is 3. The molecule has 0 fully saturated rings. The van der Waals surface area contributed by atoms with Gasteiger partial charge < -0.3 is 15.6 Å². The van der Waals surface area contributed by atoms with E-state index in [-0.39, 0.29) is 6.42 Å². The lowest BCUT2D eigenvalue weighted by Gasteiger charge is -2.06. The molecule has 0 aliphatic heterocycles. The normalized spacial score (nSPS) is 9.79. The van der Waals surface area contributed by atoms with E-state index in [1.54, 1.807) is 25.3 Å². The van der Waals surface area contributed by atoms with E-state index >= 15 is 0 Å². The van der Waals surface area contributed by atoms with Gasteiger partial charge in [0.25, 0.3) is 0 Å². The molecule has 0 atom stereocenters. The lowest BCUT2D eigenvalue weighted by atomic mass is 10.1. The largest absolute Gasteiger partial charge is 0.497 e. The molecular formula is C10H13NO3. The van der Waals surface area contributed by atoms with Gasteiger partial charge in [-0.3, -0.25) is 4.79 Å². The number of carboxylic acid groups (broad SMARTS) is 1. The highest BCUT2D eigenvalue weighted by atomic mass is 16.5. The van der Waals surface area contributed by atoms with Crippen LogP contribution < -0.4 is 10.5 Å². The molecule has 0 heterocycles. The molecular weight excluding hydrogens is 182 g/mol. The van der Waals surface area contributed by atoms with Crippen molar-refractivity contribution in [3.8, 4) is 5.75 Å². The monoisotopic (exact) mass is 195 g/mol. The van der Waals surface area contributed by atoms with Crippen LogP contribution in [0.4, 0.5) is 5.69 Å². The standard InChI is InChI=1S/C10H13NO3/c1-14-8-3-4-9(11)7(6-8)2-5-10(12)13/h3-4,6H,2,5,11H2,1H3,(H,12,13). The second kappa shape index (κ2) is 4.50. The minimum atomic E-state index is -0.827. The highest BCUT2D eigenvalue weighted by Crippen LogP contribution is 2.20. The summed E-state index contributed by atoms with van der Waals surface area (Å²) in [6.07, 6.45) is 0.510. The number of aryl methyl sites for hydroxylation is 1. The van der Waals surface area contributed by atoms with Gasteiger partial charge in [-0.25, -0.2) is 0 Å². The smallest absolute Gasteiger partial charge is 0.303 e. The predicted molar refractivity (Wildman–Crippen MR) is 53.4 cm³/mol. The van der Waals surface area contributed by atoms with E-state index in [9.17, 15) is 4.79 Å². The number of carboxylic acids is 1. The highest BCUT2D eigenvalue weighted by molar-refractivity contribution is 5.67. The Hall–Kier alpha value is -1.71. The number of carbonyl (C=O) groups is 1. The molecule has 0 saturated carbocycles. The van der Waals surface area contributed by atoms with Gasteiger partial charge in [0, 0.05) is 12.1 Å². The number of rotatable bonds is 4. The van der Waals surface area contributed by atoms with Crippen molar-refractivity contribution in [1.29, 1.82) is 0 Å². The van der Waals surface area contributed by atoms with Crippen LogP contribution in [0.2, 0.25) is 0 Å². The maximum absolute atomic E-state index is 10.4. The minimum Gasteiger partial charge on any atom is -0.497 e. The first kappa shape index (κ1) is 10.4. The molecule has 1 aromatic rings. The summed E-state index contributed by atoms with van der Waals surface area (Å²) in [5.41, 5.74) is 7.10. The Morgan fingerprint density at radius 1 is 1.57 bits per heavy atom. The molecule has 0 aliphatic carbocycles. The Balaban J connectivity index is 2.78. The van der Waals surface area contributed by atoms with Crippen LogP contribution in [0.3, 0.4) is 0 Å². The van der Waals surface area contributed by atoms with Gasteiger partial charge in [-0.15, -0.1) is 0 Å². The Morgan fingerprint density at radius 3 is 2.86 bits per heavy atom. The van der Waals surface area contributed by atoms with Gasteiger partial charge in [-0.1, -0.05) is 0 Å². The summed E-state index contributed by atoms with van der Waals surface area (Å²) < 4.78 is 5.01. The summed E-state index contributed by atoms with van der Waals surface area (Å²) in [6, 6.07) is 5.23. The number of aliphatic carboxylic acids is 1. The van der Waals surface area contributed by atoms with Gasteiger partial charge in [0.05, 0.1) is 7.11 Å². The lowest BCUT2D eigenvalue weighted by molar-refractivity contribution is -0.136. The summed E-state index contributed by atoms with van der Waals surface area (Å²) in [6.45, 7) is 0. The molecule has 0 bridgehead atoms. The van der Waals surface area contributed by atoms with Crippen molar-refractivity contribution in [3.05, 3.63) is 23.8 Å². The van der Waals surface area contributed by atoms with Gasteiger partial charge in [-0.05, 0) is 30.2 Å². The average molecular weight is 195 g/mol. The van der Waals surface area contributed by atoms with Crippen LogP contribution in [-0.2, 0) is 11.2 Å². The minimum absolute atomic E-state index is 0.0807. The van der Waals surface area contributed by atoms with E-state index in [4.69, 9.17) is 15.6 Å². The maximum Gasteiger partial charge on any atom is 0.303 e. The fourth-order valence-electron chi connectivity index (χ4n) is 1.17. The van der Waals surface area contributed by atoms with Crippen molar-refractivity contribution in [1.82, 2.24) is 0 Å². The van der Waals surface area contributed by atoms with Gasteiger partial charge in [-0.2, -0.15) is 0 Å². The molecule has 1 aromatic carbocycles. The second-order valence-corrected chi connectivity index (χ2v) is 2.96. The van der Waals surface area contributed by atoms with Crippen molar-refractivity contribution < 1.29 is 14.6 Å². The van der Waals surface area contributed by atoms with Crippen molar-refractivity contribution in [2.75, 3.05) is 12.8 Å². The number of ether oxygens (including phenoxy) is 1. The van der Waals surface area contributed by atoms with E-state index in [2.05, 4.69) is 0 Å². The molecule has 76 valence electrons. The average Bonchev–Trinajstić information content (AvgIpc) is 2.16. The zero-order valence-corrected chi connectivity index (χ0v) is 7.99. The molecule has 0 saturated heterocycles. The highest BCUT2D eigenvalue weighted by Gasteiger charge is 2.04. The van der Waals surface area contributed by atoms with Gasteiger partial charge in [0.1, 0.15) is 5.75 Å². The number of nitrogens with two attached hydrogens (primary N) is 1. The lowest BCUT2D eigenvalue weighted by Crippen LogP contribution is -2.01. The number of benzene rings is 1. The Kier molecular flexibility index (Phi) is 3.34. The Bertz CT molecular complexity index is 336. The fourth-order valence-corrected chi connectivity index (χ4v) is 1.17. The number of anilines is 1. The van der Waals surface area contributed by atoms with Crippen LogP contribution in [0.5, 0.6) is 5.75 Å². The third-order valence-corrected chi connectivity index (χ3v) is 1.96. The van der Waals surface area contributed by atoms with E-state index < -0.39 is 5.97 Å². The number of hydrogen-bond donors (Lipinski definition) is 2. The summed E-state index contributed by atoms with van der Waals surface area (Å²) in [5.74, 6) is -0.133. The maximum atomic E-state index is 10.4. The van der Waals surface area contributed by atoms with Crippen LogP contribution >= 0.6 is 0 Å². The first-order chi connectivity index (χ1) is 6.63. The Morgan fingerprint density at radius 2 is 2.29 bits per heavy atom. The topological polar surface area (TPSA) is 72.5 Å². The van der Waals surface area contributed by atoms with Crippen LogP contribution in [0.15, 0.2) is 18.2 Å². The van der Waals surface area contributed by atoms with E-state index in [0.29, 0.717) is 17.9 Å². The van der Waals surface area contributed by atoms with E-state index in [1.807, 2.05) is 0 Å². The zero-order chi connectivity index (χ0) is 10.6. The molecule has 0 spiro atoms. The summed E-state index contributed by atoms with van der Waals surface area (Å²) in [5, 5.41) is 8.52. The molecule has 4 heteroatoms. The molecule has 0 amide bonds. The number of nitrogen functional groups attached to an aromatic ring is 1. The molecule has 3 N–H and O–H groups in total. The van der Waals surface area contributed by atoms with E-state index in [1.165, 1.54) is 0 Å². The molecule has 1 rings (SSSR count). The summed E-state index contributed by atoms with van der Waals surface area (Å²) in [4.78, 5) is 10.4. The molecule has 14 heavy (non-hydrogen) atoms. The van der Waals surface area contributed by atoms with Crippen LogP contribution in [0, 0.1) is 0 Å². The number of methoxy groups -OCH3 is 1. The van der Waals surface area contributed by atoms with Gasteiger partial charge in [0.2, 0.25) is 0 Å². The van der Waals surface area contributed by atoms with Crippen LogP contribution in [0.25, 0.3) is 0 Å². The van der Waals surface area contributed by atoms with Crippen molar-refractivity contribution in [3.63, 3.8) is 0 Å². The second-order valence-electron chi connectivity index (χ2n) is 2.96. The SMILES string of the molecule is COc1ccc(N)c(CCC(=O)O)c1.